The van der Waals surface area contributed by atoms with E-state index in [1.165, 1.54) is 4.90 Å². The molecule has 82 heavy (non-hydrogen) atoms. The second-order valence-electron chi connectivity index (χ2n) is 20.9. The van der Waals surface area contributed by atoms with Gasteiger partial charge in [-0.25, -0.2) is 4.79 Å². The van der Waals surface area contributed by atoms with Crippen molar-refractivity contribution in [2.75, 3.05) is 19.6 Å². The molecule has 0 aliphatic carbocycles. The number of fused-ring (bicyclic) bond motifs is 1. The number of amides is 10. The highest BCUT2D eigenvalue weighted by atomic mass is 16.4. The van der Waals surface area contributed by atoms with Crippen LogP contribution in [0.3, 0.4) is 0 Å². The molecule has 3 rings (SSSR count). The zero-order valence-electron chi connectivity index (χ0n) is 46.7. The first-order chi connectivity index (χ1) is 38.6. The number of aliphatic carboxylic acids is 2. The minimum absolute atomic E-state index is 0.00610. The first-order valence-corrected chi connectivity index (χ1v) is 27.1. The van der Waals surface area contributed by atoms with Crippen LogP contribution in [0.2, 0.25) is 0 Å². The predicted molar refractivity (Wildman–Crippen MR) is 297 cm³/mol. The van der Waals surface area contributed by atoms with E-state index in [2.05, 4.69) is 47.2 Å². The predicted octanol–water partition coefficient (Wildman–Crippen LogP) is -3.99. The number of para-hydroxylation sites is 1. The van der Waals surface area contributed by atoms with Crippen molar-refractivity contribution in [2.45, 2.75) is 166 Å². The van der Waals surface area contributed by atoms with E-state index in [4.69, 9.17) is 34.4 Å². The number of aromatic nitrogens is 1. The van der Waals surface area contributed by atoms with E-state index in [-0.39, 0.29) is 57.1 Å². The molecule has 0 saturated carbocycles. The number of carbonyl (C=O) groups is 12. The van der Waals surface area contributed by atoms with Crippen LogP contribution < -0.4 is 71.6 Å². The molecule has 2 heterocycles. The highest BCUT2D eigenvalue weighted by Crippen LogP contribution is 2.22. The van der Waals surface area contributed by atoms with Gasteiger partial charge in [-0.05, 0) is 81.4 Å². The number of rotatable bonds is 36. The van der Waals surface area contributed by atoms with Crippen molar-refractivity contribution in [3.63, 3.8) is 0 Å². The Morgan fingerprint density at radius 3 is 1.82 bits per heavy atom. The topological polar surface area (TPSA) is 517 Å². The highest BCUT2D eigenvalue weighted by Gasteiger charge is 2.41. The van der Waals surface area contributed by atoms with Gasteiger partial charge in [-0.3, -0.25) is 57.7 Å². The largest absolute Gasteiger partial charge is 0.481 e. The minimum Gasteiger partial charge on any atom is -0.481 e. The smallest absolute Gasteiger partial charge is 0.326 e. The number of carbonyl (C=O) groups excluding carboxylic acids is 10. The van der Waals surface area contributed by atoms with Gasteiger partial charge in [0.2, 0.25) is 59.1 Å². The maximum atomic E-state index is 14.2. The van der Waals surface area contributed by atoms with Gasteiger partial charge >= 0.3 is 11.9 Å². The summed E-state index contributed by atoms with van der Waals surface area (Å²) < 4.78 is 0. The Bertz CT molecular complexity index is 2620. The quantitative estimate of drug-likeness (QED) is 0.0176. The fourth-order valence-corrected chi connectivity index (χ4v) is 9.07. The standard InChI is InChI=1S/C52H82N16O14/c1-26(2)21-37(51(81)82)66-46(76)34(22-28-25-60-31-13-6-5-11-29(28)31)63-48(78)36(24-41(71)72)65-45(75)33(16-17-39(55)69)61-47(77)35(23-40(56)70)64-44(74)32(14-9-19-59-52(57)58)62-49(79)38-15-10-20-68(38)50(80)42(27(3)4)67-43(73)30(54)12-7-8-18-53/h5-6,11,13,25-27,30,32-38,42,60H,7-10,12,14-24,53-54H2,1-4H3,(H2,55,69)(H2,56,70)(H,61,77)(H,62,79)(H,63,78)(H,64,74)(H,65,75)(H,66,76)(H,67,73)(H,71,72)(H,81,82)(H4,57,58,59). The van der Waals surface area contributed by atoms with E-state index < -0.39 is 157 Å². The van der Waals surface area contributed by atoms with Crippen molar-refractivity contribution in [1.82, 2.24) is 47.1 Å². The zero-order valence-corrected chi connectivity index (χ0v) is 46.7. The Kier molecular flexibility index (Phi) is 27.6. The number of carboxylic acid groups (broad SMARTS) is 2. The fourth-order valence-electron chi connectivity index (χ4n) is 9.07. The van der Waals surface area contributed by atoms with Crippen molar-refractivity contribution in [1.29, 1.82) is 0 Å². The molecule has 454 valence electrons. The summed E-state index contributed by atoms with van der Waals surface area (Å²) >= 11 is 0. The van der Waals surface area contributed by atoms with Crippen molar-refractivity contribution in [3.05, 3.63) is 36.0 Å². The van der Waals surface area contributed by atoms with Crippen molar-refractivity contribution >= 4 is 87.9 Å². The number of nitrogens with two attached hydrogens (primary N) is 6. The Balaban J connectivity index is 1.92. The third-order valence-corrected chi connectivity index (χ3v) is 13.4. The van der Waals surface area contributed by atoms with Crippen LogP contribution in [0.15, 0.2) is 35.5 Å². The number of primary amides is 2. The van der Waals surface area contributed by atoms with Crippen LogP contribution in [0.25, 0.3) is 10.9 Å². The molecule has 1 aromatic heterocycles. The molecule has 0 spiro atoms. The third-order valence-electron chi connectivity index (χ3n) is 13.4. The van der Waals surface area contributed by atoms with Gasteiger partial charge in [-0.1, -0.05) is 52.3 Å². The van der Waals surface area contributed by atoms with Crippen LogP contribution in [0, 0.1) is 11.8 Å². The van der Waals surface area contributed by atoms with E-state index >= 15 is 0 Å². The van der Waals surface area contributed by atoms with E-state index in [0.717, 1.165) is 0 Å². The highest BCUT2D eigenvalue weighted by molar-refractivity contribution is 6.00. The van der Waals surface area contributed by atoms with Gasteiger partial charge in [0.15, 0.2) is 5.96 Å². The normalized spacial score (nSPS) is 16.0. The Morgan fingerprint density at radius 2 is 1.24 bits per heavy atom. The first kappa shape index (κ1) is 67.9. The molecule has 0 radical (unpaired) electrons. The molecule has 2 aromatic rings. The molecule has 30 heteroatoms. The van der Waals surface area contributed by atoms with E-state index in [1.54, 1.807) is 58.2 Å². The molecular weight excluding hydrogens is 1070 g/mol. The lowest BCUT2D eigenvalue weighted by atomic mass is 10.0. The molecule has 1 aliphatic heterocycles. The average molecular weight is 1160 g/mol. The Hall–Kier alpha value is -8.41. The molecule has 30 nitrogen and oxygen atoms in total. The number of unbranched alkanes of at least 4 members (excludes halogenated alkanes) is 1. The number of nitrogens with zero attached hydrogens (tertiary/aromatic N) is 2. The monoisotopic (exact) mass is 1150 g/mol. The summed E-state index contributed by atoms with van der Waals surface area (Å²) in [6, 6.07) is -6.41. The zero-order chi connectivity index (χ0) is 61.4. The maximum absolute atomic E-state index is 14.2. The molecule has 1 saturated heterocycles. The molecule has 9 atom stereocenters. The average Bonchev–Trinajstić information content (AvgIpc) is 4.24. The van der Waals surface area contributed by atoms with Crippen LogP contribution in [0.4, 0.5) is 0 Å². The van der Waals surface area contributed by atoms with E-state index in [1.807, 2.05) is 0 Å². The summed E-state index contributed by atoms with van der Waals surface area (Å²) in [4.78, 5) is 169. The van der Waals surface area contributed by atoms with Gasteiger partial charge in [-0.15, -0.1) is 0 Å². The number of hydrogen-bond donors (Lipinski definition) is 16. The molecule has 1 aliphatic rings. The van der Waals surface area contributed by atoms with Crippen LogP contribution in [-0.2, 0) is 64.0 Å². The molecule has 1 aromatic carbocycles. The first-order valence-electron chi connectivity index (χ1n) is 27.1. The lowest BCUT2D eigenvalue weighted by molar-refractivity contribution is -0.143. The second-order valence-corrected chi connectivity index (χ2v) is 20.9. The van der Waals surface area contributed by atoms with Crippen molar-refractivity contribution in [3.8, 4) is 0 Å². The summed E-state index contributed by atoms with van der Waals surface area (Å²) in [7, 11) is 0. The number of benzene rings is 1. The molecule has 9 unspecified atom stereocenters. The third kappa shape index (κ3) is 22.3. The minimum atomic E-state index is -2.00. The Morgan fingerprint density at radius 1 is 0.671 bits per heavy atom. The lowest BCUT2D eigenvalue weighted by Crippen LogP contribution is -2.61. The molecular formula is C52H82N16O14. The van der Waals surface area contributed by atoms with Crippen molar-refractivity contribution < 1.29 is 67.7 Å². The van der Waals surface area contributed by atoms with Gasteiger partial charge in [0.25, 0.3) is 0 Å². The van der Waals surface area contributed by atoms with Gasteiger partial charge in [0.05, 0.1) is 18.9 Å². The van der Waals surface area contributed by atoms with Gasteiger partial charge in [-0.2, -0.15) is 0 Å². The molecule has 10 amide bonds. The van der Waals surface area contributed by atoms with Crippen molar-refractivity contribution in [2.24, 2.45) is 51.2 Å². The summed E-state index contributed by atoms with van der Waals surface area (Å²) in [5, 5.41) is 37.5. The maximum Gasteiger partial charge on any atom is 0.326 e. The Labute approximate surface area is 473 Å². The van der Waals surface area contributed by atoms with Crippen LogP contribution >= 0.6 is 0 Å². The SMILES string of the molecule is CC(C)CC(NC(=O)C(Cc1c[nH]c2ccccc12)NC(=O)C(CC(=O)O)NC(=O)C(CCC(N)=O)NC(=O)C(CC(N)=O)NC(=O)C(CCCN=C(N)N)NC(=O)C1CCCN1C(=O)C(NC(=O)C(N)CCCCN)C(C)C)C(=O)O. The number of aliphatic imine (C=N–C) groups is 1. The summed E-state index contributed by atoms with van der Waals surface area (Å²) in [6.45, 7) is 7.36. The fraction of sp³-hybridized carbons (Fsp3) is 0.596. The van der Waals surface area contributed by atoms with E-state index in [0.29, 0.717) is 48.7 Å². The number of H-pyrrole nitrogens is 1. The number of guanidine groups is 1. The number of hydrogen-bond acceptors (Lipinski definition) is 15. The van der Waals surface area contributed by atoms with E-state index in [9.17, 15) is 67.7 Å². The van der Waals surface area contributed by atoms with Crippen LogP contribution in [-0.4, -0.2) is 171 Å². The molecule has 1 fully saturated rings. The lowest BCUT2D eigenvalue weighted by Gasteiger charge is -2.32. The number of likely N-dealkylation sites (tertiary alicyclic amines) is 1. The summed E-state index contributed by atoms with van der Waals surface area (Å²) in [6.07, 6.45) is 0.0555. The number of aromatic amines is 1. The number of carboxylic acids is 2. The van der Waals surface area contributed by atoms with Crippen LogP contribution in [0.1, 0.15) is 110 Å². The van der Waals surface area contributed by atoms with Gasteiger partial charge < -0.3 is 91.7 Å². The second kappa shape index (κ2) is 33.4. The van der Waals surface area contributed by atoms with Gasteiger partial charge in [0, 0.05) is 43.0 Å². The molecule has 0 bridgehead atoms. The van der Waals surface area contributed by atoms with Crippen LogP contribution in [0.5, 0.6) is 0 Å². The summed E-state index contributed by atoms with van der Waals surface area (Å²) in [5.74, 6) is -13.7. The van der Waals surface area contributed by atoms with Gasteiger partial charge in [0.1, 0.15) is 48.3 Å². The summed E-state index contributed by atoms with van der Waals surface area (Å²) in [5.41, 5.74) is 34.7. The number of nitrogens with one attached hydrogen (secondary N) is 8. The molecule has 22 N–H and O–H groups in total.